The zero-order valence-electron chi connectivity index (χ0n) is 13.9. The predicted molar refractivity (Wildman–Crippen MR) is 85.1 cm³/mol. The molecule has 0 aromatic rings. The summed E-state index contributed by atoms with van der Waals surface area (Å²) in [5.41, 5.74) is 0. The van der Waals surface area contributed by atoms with Crippen LogP contribution in [0.3, 0.4) is 0 Å². The minimum atomic E-state index is 0.293. The summed E-state index contributed by atoms with van der Waals surface area (Å²) in [4.78, 5) is 17.0. The topological polar surface area (TPSA) is 43.8 Å². The Kier molecular flexibility index (Phi) is 6.06. The molecular formula is C17H32N2O2. The number of aliphatic hydroxyl groups is 1. The summed E-state index contributed by atoms with van der Waals surface area (Å²) in [5, 5.41) is 9.22. The van der Waals surface area contributed by atoms with Crippen molar-refractivity contribution in [2.75, 3.05) is 20.2 Å². The second-order valence-corrected chi connectivity index (χ2v) is 7.20. The molecule has 122 valence electrons. The molecule has 1 N–H and O–H groups in total. The highest BCUT2D eigenvalue weighted by Gasteiger charge is 2.31. The summed E-state index contributed by atoms with van der Waals surface area (Å²) in [7, 11) is 2.08. The molecule has 21 heavy (non-hydrogen) atoms. The fourth-order valence-corrected chi connectivity index (χ4v) is 4.11. The van der Waals surface area contributed by atoms with Gasteiger partial charge in [-0.3, -0.25) is 9.69 Å². The van der Waals surface area contributed by atoms with Gasteiger partial charge in [0.15, 0.2) is 0 Å². The Labute approximate surface area is 129 Å². The lowest BCUT2D eigenvalue weighted by Crippen LogP contribution is -2.52. The third-order valence-electron chi connectivity index (χ3n) is 5.56. The lowest BCUT2D eigenvalue weighted by atomic mass is 9.86. The summed E-state index contributed by atoms with van der Waals surface area (Å²) in [5.74, 6) is 0.772. The van der Waals surface area contributed by atoms with Gasteiger partial charge in [-0.15, -0.1) is 0 Å². The van der Waals surface area contributed by atoms with Crippen molar-refractivity contribution in [3.8, 4) is 0 Å². The zero-order valence-corrected chi connectivity index (χ0v) is 13.9. The number of likely N-dealkylation sites (tertiary alicyclic amines) is 1. The van der Waals surface area contributed by atoms with E-state index in [9.17, 15) is 9.90 Å². The molecule has 1 saturated carbocycles. The molecule has 1 saturated heterocycles. The van der Waals surface area contributed by atoms with Crippen molar-refractivity contribution in [3.05, 3.63) is 0 Å². The summed E-state index contributed by atoms with van der Waals surface area (Å²) < 4.78 is 0. The largest absolute Gasteiger partial charge is 0.396 e. The van der Waals surface area contributed by atoms with E-state index in [1.165, 1.54) is 6.42 Å². The maximum Gasteiger partial charge on any atom is 0.237 e. The van der Waals surface area contributed by atoms with Gasteiger partial charge in [-0.1, -0.05) is 0 Å². The predicted octanol–water partition coefficient (Wildman–Crippen LogP) is 2.26. The van der Waals surface area contributed by atoms with Crippen LogP contribution in [0, 0.1) is 5.92 Å². The van der Waals surface area contributed by atoms with E-state index in [4.69, 9.17) is 0 Å². The Morgan fingerprint density at radius 3 is 2.19 bits per heavy atom. The molecule has 2 atom stereocenters. The van der Waals surface area contributed by atoms with Crippen molar-refractivity contribution in [2.24, 2.45) is 5.92 Å². The number of amides is 1. The monoisotopic (exact) mass is 296 g/mol. The molecule has 1 aliphatic carbocycles. The van der Waals surface area contributed by atoms with Crippen molar-refractivity contribution in [1.82, 2.24) is 9.80 Å². The van der Waals surface area contributed by atoms with Crippen molar-refractivity contribution in [3.63, 3.8) is 0 Å². The van der Waals surface area contributed by atoms with Crippen molar-refractivity contribution >= 4 is 5.91 Å². The first-order valence-electron chi connectivity index (χ1n) is 8.65. The van der Waals surface area contributed by atoms with Crippen LogP contribution in [-0.2, 0) is 4.79 Å². The van der Waals surface area contributed by atoms with Crippen LogP contribution in [0.25, 0.3) is 0 Å². The fourth-order valence-electron chi connectivity index (χ4n) is 4.11. The smallest absolute Gasteiger partial charge is 0.237 e. The van der Waals surface area contributed by atoms with Gasteiger partial charge >= 0.3 is 0 Å². The third kappa shape index (κ3) is 4.19. The van der Waals surface area contributed by atoms with Crippen LogP contribution < -0.4 is 0 Å². The summed E-state index contributed by atoms with van der Waals surface area (Å²) in [6, 6.07) is 1.28. The van der Waals surface area contributed by atoms with E-state index in [2.05, 4.69) is 30.7 Å². The molecule has 0 spiro atoms. The number of aliphatic hydroxyl groups excluding tert-OH is 1. The molecule has 1 amide bonds. The number of hydrogen-bond donors (Lipinski definition) is 1. The van der Waals surface area contributed by atoms with Gasteiger partial charge in [-0.05, 0) is 71.8 Å². The van der Waals surface area contributed by atoms with Crippen LogP contribution in [0.1, 0.15) is 58.8 Å². The van der Waals surface area contributed by atoms with Crippen molar-refractivity contribution in [1.29, 1.82) is 0 Å². The van der Waals surface area contributed by atoms with Crippen molar-refractivity contribution in [2.45, 2.75) is 76.9 Å². The molecular weight excluding hydrogens is 264 g/mol. The molecule has 1 aliphatic heterocycles. The Morgan fingerprint density at radius 1 is 1.10 bits per heavy atom. The summed E-state index contributed by atoms with van der Waals surface area (Å²) >= 11 is 0. The molecule has 2 aliphatic rings. The average molecular weight is 296 g/mol. The molecule has 4 heteroatoms. The second kappa shape index (κ2) is 7.59. The number of nitrogens with zero attached hydrogens (tertiary/aromatic N) is 2. The van der Waals surface area contributed by atoms with Crippen LogP contribution in [-0.4, -0.2) is 59.1 Å². The van der Waals surface area contributed by atoms with E-state index in [-0.39, 0.29) is 0 Å². The first-order chi connectivity index (χ1) is 10.0. The molecule has 1 heterocycles. The van der Waals surface area contributed by atoms with Crippen LogP contribution >= 0.6 is 0 Å². The molecule has 0 bridgehead atoms. The summed E-state index contributed by atoms with van der Waals surface area (Å²) in [6.07, 6.45) is 7.93. The Balaban J connectivity index is 1.84. The van der Waals surface area contributed by atoms with Gasteiger partial charge in [0.1, 0.15) is 0 Å². The number of carbonyl (C=O) groups excluding carboxylic acids is 1. The molecule has 0 aromatic heterocycles. The van der Waals surface area contributed by atoms with E-state index in [1.807, 2.05) is 0 Å². The standard InChI is InChI=1S/C17H32N2O2/c1-13-5-4-6-14(2)19(13)17(21)11-18(3)16-9-7-15(12-20)8-10-16/h13-16,20H,4-12H2,1-3H3. The Hall–Kier alpha value is -0.610. The zero-order chi connectivity index (χ0) is 15.4. The van der Waals surface area contributed by atoms with Crippen molar-refractivity contribution < 1.29 is 9.90 Å². The van der Waals surface area contributed by atoms with Gasteiger partial charge in [0.2, 0.25) is 5.91 Å². The third-order valence-corrected chi connectivity index (χ3v) is 5.56. The van der Waals surface area contributed by atoms with Gasteiger partial charge in [0, 0.05) is 24.7 Å². The molecule has 2 rings (SSSR count). The lowest BCUT2D eigenvalue weighted by Gasteiger charge is -2.41. The van der Waals surface area contributed by atoms with Gasteiger partial charge in [0.05, 0.1) is 6.54 Å². The Morgan fingerprint density at radius 2 is 1.67 bits per heavy atom. The molecule has 4 nitrogen and oxygen atoms in total. The first-order valence-corrected chi connectivity index (χ1v) is 8.65. The Bertz CT molecular complexity index is 330. The van der Waals surface area contributed by atoms with Crippen LogP contribution in [0.15, 0.2) is 0 Å². The average Bonchev–Trinajstić information content (AvgIpc) is 2.47. The number of likely N-dealkylation sites (N-methyl/N-ethyl adjacent to an activating group) is 1. The number of carbonyl (C=O) groups is 1. The summed E-state index contributed by atoms with van der Waals surface area (Å²) in [6.45, 7) is 5.22. The highest BCUT2D eigenvalue weighted by atomic mass is 16.3. The number of hydrogen-bond acceptors (Lipinski definition) is 3. The quantitative estimate of drug-likeness (QED) is 0.865. The fraction of sp³-hybridized carbons (Fsp3) is 0.941. The maximum atomic E-state index is 12.6. The van der Waals surface area contributed by atoms with E-state index >= 15 is 0 Å². The van der Waals surface area contributed by atoms with Gasteiger partial charge in [-0.25, -0.2) is 0 Å². The van der Waals surface area contributed by atoms with E-state index in [0.29, 0.717) is 43.1 Å². The number of rotatable bonds is 4. The SMILES string of the molecule is CC1CCCC(C)N1C(=O)CN(C)C1CCC(CO)CC1. The molecule has 0 radical (unpaired) electrons. The van der Waals surface area contributed by atoms with E-state index < -0.39 is 0 Å². The van der Waals surface area contributed by atoms with Crippen LogP contribution in [0.2, 0.25) is 0 Å². The molecule has 2 fully saturated rings. The number of piperidine rings is 1. The minimum Gasteiger partial charge on any atom is -0.396 e. The van der Waals surface area contributed by atoms with Crippen LogP contribution in [0.4, 0.5) is 0 Å². The molecule has 0 aromatic carbocycles. The van der Waals surface area contributed by atoms with Gasteiger partial charge in [0.25, 0.3) is 0 Å². The molecule has 2 unspecified atom stereocenters. The van der Waals surface area contributed by atoms with E-state index in [1.54, 1.807) is 0 Å². The minimum absolute atomic E-state index is 0.293. The van der Waals surface area contributed by atoms with Crippen LogP contribution in [0.5, 0.6) is 0 Å². The lowest BCUT2D eigenvalue weighted by molar-refractivity contribution is -0.138. The highest BCUT2D eigenvalue weighted by molar-refractivity contribution is 5.79. The van der Waals surface area contributed by atoms with E-state index in [0.717, 1.165) is 38.5 Å². The van der Waals surface area contributed by atoms with Gasteiger partial charge in [-0.2, -0.15) is 0 Å². The normalized spacial score (nSPS) is 34.2. The maximum absolute atomic E-state index is 12.6. The van der Waals surface area contributed by atoms with Gasteiger partial charge < -0.3 is 10.0 Å². The second-order valence-electron chi connectivity index (χ2n) is 7.20. The highest BCUT2D eigenvalue weighted by Crippen LogP contribution is 2.27. The first kappa shape index (κ1) is 16.8.